The number of hydrogen-bond acceptors (Lipinski definition) is 3. The SMILES string of the molecule is CC(C)Oc1ccc2occc2c1[C@@H]1C[C@H]1CN.Cl. The van der Waals surface area contributed by atoms with Crippen molar-refractivity contribution in [3.05, 3.63) is 30.0 Å². The van der Waals surface area contributed by atoms with E-state index in [2.05, 4.69) is 13.8 Å². The van der Waals surface area contributed by atoms with Gasteiger partial charge in [-0.25, -0.2) is 0 Å². The lowest BCUT2D eigenvalue weighted by molar-refractivity contribution is 0.240. The standard InChI is InChI=1S/C15H19NO2.ClH/c1-9(2)18-14-4-3-13-11(5-6-17-13)15(14)12-7-10(12)8-16;/h3-6,9-10,12H,7-8,16H2,1-2H3;1H/t10-,12+;/m0./s1. The Kier molecular flexibility index (Phi) is 4.07. The number of halogens is 1. The van der Waals surface area contributed by atoms with Gasteiger partial charge < -0.3 is 14.9 Å². The predicted octanol–water partition coefficient (Wildman–Crippen LogP) is 3.70. The zero-order valence-electron chi connectivity index (χ0n) is 11.3. The first-order chi connectivity index (χ1) is 8.70. The number of ether oxygens (including phenoxy) is 1. The quantitative estimate of drug-likeness (QED) is 0.929. The van der Waals surface area contributed by atoms with Crippen LogP contribution in [0.25, 0.3) is 11.0 Å². The lowest BCUT2D eigenvalue weighted by atomic mass is 10.0. The Morgan fingerprint density at radius 1 is 1.37 bits per heavy atom. The number of benzene rings is 1. The molecule has 104 valence electrons. The van der Waals surface area contributed by atoms with Crippen molar-refractivity contribution in [2.75, 3.05) is 6.54 Å². The summed E-state index contributed by atoms with van der Waals surface area (Å²) < 4.78 is 11.4. The fourth-order valence-electron chi connectivity index (χ4n) is 2.65. The van der Waals surface area contributed by atoms with Crippen molar-refractivity contribution in [3.8, 4) is 5.75 Å². The second-order valence-corrected chi connectivity index (χ2v) is 5.31. The number of nitrogens with two attached hydrogens (primary N) is 1. The highest BCUT2D eigenvalue weighted by Gasteiger charge is 2.40. The molecule has 3 rings (SSSR count). The summed E-state index contributed by atoms with van der Waals surface area (Å²) in [6, 6.07) is 6.03. The van der Waals surface area contributed by atoms with E-state index in [4.69, 9.17) is 14.9 Å². The minimum atomic E-state index is 0. The van der Waals surface area contributed by atoms with Crippen molar-refractivity contribution in [3.63, 3.8) is 0 Å². The van der Waals surface area contributed by atoms with Crippen LogP contribution in [0.2, 0.25) is 0 Å². The van der Waals surface area contributed by atoms with E-state index in [0.717, 1.165) is 24.3 Å². The van der Waals surface area contributed by atoms with Crippen LogP contribution in [0.4, 0.5) is 0 Å². The molecule has 1 aromatic heterocycles. The van der Waals surface area contributed by atoms with Gasteiger partial charge in [0.05, 0.1) is 12.4 Å². The van der Waals surface area contributed by atoms with Gasteiger partial charge in [-0.05, 0) is 56.8 Å². The van der Waals surface area contributed by atoms with Crippen molar-refractivity contribution in [2.24, 2.45) is 11.7 Å². The van der Waals surface area contributed by atoms with Gasteiger partial charge in [-0.1, -0.05) is 0 Å². The summed E-state index contributed by atoms with van der Waals surface area (Å²) in [7, 11) is 0. The van der Waals surface area contributed by atoms with E-state index in [0.29, 0.717) is 11.8 Å². The third-order valence-electron chi connectivity index (χ3n) is 3.60. The first-order valence-corrected chi connectivity index (χ1v) is 6.57. The molecule has 1 aliphatic carbocycles. The zero-order valence-corrected chi connectivity index (χ0v) is 12.1. The number of hydrogen-bond donors (Lipinski definition) is 1. The summed E-state index contributed by atoms with van der Waals surface area (Å²) in [4.78, 5) is 0. The Labute approximate surface area is 119 Å². The van der Waals surface area contributed by atoms with Gasteiger partial charge in [-0.15, -0.1) is 12.4 Å². The second-order valence-electron chi connectivity index (χ2n) is 5.31. The largest absolute Gasteiger partial charge is 0.491 e. The summed E-state index contributed by atoms with van der Waals surface area (Å²) in [6.45, 7) is 4.85. The molecule has 1 aromatic carbocycles. The molecule has 0 aliphatic heterocycles. The van der Waals surface area contributed by atoms with Crippen LogP contribution in [0.15, 0.2) is 28.9 Å². The monoisotopic (exact) mass is 281 g/mol. The van der Waals surface area contributed by atoms with Crippen LogP contribution in [0.1, 0.15) is 31.7 Å². The highest BCUT2D eigenvalue weighted by atomic mass is 35.5. The molecule has 0 unspecified atom stereocenters. The highest BCUT2D eigenvalue weighted by molar-refractivity contribution is 5.85. The van der Waals surface area contributed by atoms with E-state index in [1.807, 2.05) is 18.2 Å². The van der Waals surface area contributed by atoms with Crippen molar-refractivity contribution in [1.29, 1.82) is 0 Å². The molecular weight excluding hydrogens is 262 g/mol. The molecule has 2 N–H and O–H groups in total. The average Bonchev–Trinajstić information content (AvgIpc) is 2.95. The fourth-order valence-corrected chi connectivity index (χ4v) is 2.65. The van der Waals surface area contributed by atoms with E-state index >= 15 is 0 Å². The Hall–Kier alpha value is -1.19. The highest BCUT2D eigenvalue weighted by Crippen LogP contribution is 2.52. The number of furan rings is 1. The van der Waals surface area contributed by atoms with Crippen LogP contribution in [-0.4, -0.2) is 12.6 Å². The molecule has 1 fully saturated rings. The maximum atomic E-state index is 5.93. The third-order valence-corrected chi connectivity index (χ3v) is 3.60. The van der Waals surface area contributed by atoms with Gasteiger partial charge in [0.25, 0.3) is 0 Å². The maximum Gasteiger partial charge on any atom is 0.134 e. The minimum absolute atomic E-state index is 0. The van der Waals surface area contributed by atoms with Crippen molar-refractivity contribution < 1.29 is 9.15 Å². The van der Waals surface area contributed by atoms with Crippen LogP contribution in [0, 0.1) is 5.92 Å². The molecule has 1 aliphatic rings. The lowest BCUT2D eigenvalue weighted by Gasteiger charge is -2.15. The lowest BCUT2D eigenvalue weighted by Crippen LogP contribution is -2.08. The fraction of sp³-hybridized carbons (Fsp3) is 0.467. The molecule has 0 saturated heterocycles. The first-order valence-electron chi connectivity index (χ1n) is 6.57. The van der Waals surface area contributed by atoms with Gasteiger partial charge in [-0.3, -0.25) is 0 Å². The van der Waals surface area contributed by atoms with E-state index in [1.165, 1.54) is 10.9 Å². The van der Waals surface area contributed by atoms with Crippen molar-refractivity contribution >= 4 is 23.4 Å². The number of fused-ring (bicyclic) bond motifs is 1. The van der Waals surface area contributed by atoms with E-state index in [1.54, 1.807) is 6.26 Å². The molecule has 1 heterocycles. The van der Waals surface area contributed by atoms with E-state index in [-0.39, 0.29) is 18.5 Å². The van der Waals surface area contributed by atoms with Gasteiger partial charge >= 0.3 is 0 Å². The smallest absolute Gasteiger partial charge is 0.134 e. The summed E-state index contributed by atoms with van der Waals surface area (Å²) in [5, 5.41) is 1.18. The van der Waals surface area contributed by atoms with Gasteiger partial charge in [0.15, 0.2) is 0 Å². The van der Waals surface area contributed by atoms with Gasteiger partial charge in [0, 0.05) is 10.9 Å². The summed E-state index contributed by atoms with van der Waals surface area (Å²) in [5.41, 5.74) is 7.98. The topological polar surface area (TPSA) is 48.4 Å². The van der Waals surface area contributed by atoms with E-state index < -0.39 is 0 Å². The van der Waals surface area contributed by atoms with Crippen LogP contribution >= 0.6 is 12.4 Å². The van der Waals surface area contributed by atoms with Crippen LogP contribution in [0.5, 0.6) is 5.75 Å². The Morgan fingerprint density at radius 2 is 2.16 bits per heavy atom. The van der Waals surface area contributed by atoms with Gasteiger partial charge in [0.1, 0.15) is 11.3 Å². The predicted molar refractivity (Wildman–Crippen MR) is 79.1 cm³/mol. The van der Waals surface area contributed by atoms with Gasteiger partial charge in [-0.2, -0.15) is 0 Å². The molecule has 0 radical (unpaired) electrons. The Morgan fingerprint density at radius 3 is 2.79 bits per heavy atom. The van der Waals surface area contributed by atoms with Crippen LogP contribution in [-0.2, 0) is 0 Å². The molecule has 2 aromatic rings. The van der Waals surface area contributed by atoms with Gasteiger partial charge in [0.2, 0.25) is 0 Å². The molecule has 2 atom stereocenters. The van der Waals surface area contributed by atoms with Crippen LogP contribution in [0.3, 0.4) is 0 Å². The summed E-state index contributed by atoms with van der Waals surface area (Å²) >= 11 is 0. The molecule has 1 saturated carbocycles. The summed E-state index contributed by atoms with van der Waals surface area (Å²) in [6.07, 6.45) is 3.09. The molecular formula is C15H20ClNO2. The van der Waals surface area contributed by atoms with Crippen LogP contribution < -0.4 is 10.5 Å². The minimum Gasteiger partial charge on any atom is -0.491 e. The molecule has 0 amide bonds. The van der Waals surface area contributed by atoms with Crippen molar-refractivity contribution in [1.82, 2.24) is 0 Å². The average molecular weight is 282 g/mol. The molecule has 0 spiro atoms. The molecule has 0 bridgehead atoms. The molecule has 4 heteroatoms. The maximum absolute atomic E-state index is 5.93. The van der Waals surface area contributed by atoms with Crippen molar-refractivity contribution in [2.45, 2.75) is 32.3 Å². The second kappa shape index (κ2) is 5.43. The number of rotatable bonds is 4. The first kappa shape index (κ1) is 14.2. The normalized spacial score (nSPS) is 21.5. The zero-order chi connectivity index (χ0) is 12.7. The summed E-state index contributed by atoms with van der Waals surface area (Å²) in [5.74, 6) is 2.12. The Balaban J connectivity index is 0.00000133. The van der Waals surface area contributed by atoms with E-state index in [9.17, 15) is 0 Å². The Bertz CT molecular complexity index is 564. The molecule has 19 heavy (non-hydrogen) atoms. The third kappa shape index (κ3) is 2.58. The molecule has 3 nitrogen and oxygen atoms in total.